The van der Waals surface area contributed by atoms with E-state index in [9.17, 15) is 4.39 Å². The highest BCUT2D eigenvalue weighted by atomic mass is 35.5. The van der Waals surface area contributed by atoms with E-state index in [1.807, 2.05) is 13.0 Å². The summed E-state index contributed by atoms with van der Waals surface area (Å²) in [7, 11) is 0. The number of halogens is 2. The number of nitrogens with one attached hydrogen (secondary N) is 1. The molecule has 1 rings (SSSR count). The van der Waals surface area contributed by atoms with E-state index in [1.165, 1.54) is 6.07 Å². The molecule has 2 nitrogen and oxygen atoms in total. The molecule has 0 bridgehead atoms. The second-order valence-electron chi connectivity index (χ2n) is 2.76. The molecular formula is C10H10ClFN2. The largest absolute Gasteiger partial charge is 0.298 e. The number of nitrogens with zero attached hydrogens (tertiary/aromatic N) is 1. The van der Waals surface area contributed by atoms with Gasteiger partial charge in [-0.25, -0.2) is 4.39 Å². The highest BCUT2D eigenvalue weighted by Gasteiger charge is 2.15. The molecule has 1 atom stereocenters. The van der Waals surface area contributed by atoms with Gasteiger partial charge in [0.05, 0.1) is 11.1 Å². The third kappa shape index (κ3) is 2.22. The maximum atomic E-state index is 13.4. The Morgan fingerprint density at radius 2 is 2.36 bits per heavy atom. The van der Waals surface area contributed by atoms with Gasteiger partial charge in [0.15, 0.2) is 0 Å². The molecule has 4 heteroatoms. The van der Waals surface area contributed by atoms with Gasteiger partial charge in [-0.15, -0.1) is 0 Å². The summed E-state index contributed by atoms with van der Waals surface area (Å²) < 4.78 is 13.4. The van der Waals surface area contributed by atoms with E-state index >= 15 is 0 Å². The van der Waals surface area contributed by atoms with Crippen molar-refractivity contribution in [2.75, 3.05) is 6.54 Å². The van der Waals surface area contributed by atoms with Crippen molar-refractivity contribution in [1.82, 2.24) is 5.32 Å². The van der Waals surface area contributed by atoms with Crippen molar-refractivity contribution in [1.29, 1.82) is 5.26 Å². The second kappa shape index (κ2) is 4.94. The minimum absolute atomic E-state index is 0.0423. The third-order valence-corrected chi connectivity index (χ3v) is 2.12. The molecule has 0 saturated heterocycles. The van der Waals surface area contributed by atoms with Crippen LogP contribution in [0.5, 0.6) is 0 Å². The maximum Gasteiger partial charge on any atom is 0.147 e. The molecule has 0 aliphatic heterocycles. The smallest absolute Gasteiger partial charge is 0.147 e. The maximum absolute atomic E-state index is 13.4. The van der Waals surface area contributed by atoms with E-state index in [2.05, 4.69) is 5.32 Å². The molecule has 0 fully saturated rings. The van der Waals surface area contributed by atoms with Crippen molar-refractivity contribution < 1.29 is 4.39 Å². The van der Waals surface area contributed by atoms with Crippen molar-refractivity contribution in [3.63, 3.8) is 0 Å². The Labute approximate surface area is 87.3 Å². The summed E-state index contributed by atoms with van der Waals surface area (Å²) in [5.74, 6) is -0.526. The lowest BCUT2D eigenvalue weighted by atomic mass is 10.1. The first-order valence-electron chi connectivity index (χ1n) is 4.27. The van der Waals surface area contributed by atoms with Crippen LogP contribution in [-0.2, 0) is 0 Å². The fourth-order valence-electron chi connectivity index (χ4n) is 1.17. The quantitative estimate of drug-likeness (QED) is 0.836. The van der Waals surface area contributed by atoms with Crippen LogP contribution in [0.1, 0.15) is 18.5 Å². The molecule has 0 saturated carbocycles. The molecule has 0 aromatic heterocycles. The minimum Gasteiger partial charge on any atom is -0.298 e. The molecule has 1 aromatic rings. The van der Waals surface area contributed by atoms with Gasteiger partial charge in [0, 0.05) is 5.56 Å². The van der Waals surface area contributed by atoms with Gasteiger partial charge in [-0.1, -0.05) is 30.7 Å². The molecule has 74 valence electrons. The van der Waals surface area contributed by atoms with E-state index in [0.29, 0.717) is 12.1 Å². The average molecular weight is 213 g/mol. The van der Waals surface area contributed by atoms with E-state index < -0.39 is 11.9 Å². The predicted octanol–water partition coefficient (Wildman–Crippen LogP) is 2.65. The number of hydrogen-bond donors (Lipinski definition) is 1. The van der Waals surface area contributed by atoms with Crippen LogP contribution in [0.15, 0.2) is 18.2 Å². The molecule has 1 aromatic carbocycles. The summed E-state index contributed by atoms with van der Waals surface area (Å²) in [4.78, 5) is 0. The van der Waals surface area contributed by atoms with Gasteiger partial charge < -0.3 is 0 Å². The van der Waals surface area contributed by atoms with Gasteiger partial charge in [0.25, 0.3) is 0 Å². The van der Waals surface area contributed by atoms with Crippen LogP contribution < -0.4 is 5.32 Å². The fraction of sp³-hybridized carbons (Fsp3) is 0.300. The topological polar surface area (TPSA) is 35.8 Å². The predicted molar refractivity (Wildman–Crippen MR) is 53.4 cm³/mol. The first-order valence-corrected chi connectivity index (χ1v) is 4.65. The van der Waals surface area contributed by atoms with Gasteiger partial charge in [-0.05, 0) is 12.6 Å². The van der Waals surface area contributed by atoms with Crippen LogP contribution in [0.3, 0.4) is 0 Å². The monoisotopic (exact) mass is 212 g/mol. The lowest BCUT2D eigenvalue weighted by Crippen LogP contribution is -2.20. The summed E-state index contributed by atoms with van der Waals surface area (Å²) in [6.07, 6.45) is 0. The van der Waals surface area contributed by atoms with Crippen LogP contribution in [0.2, 0.25) is 5.02 Å². The molecule has 1 unspecified atom stereocenters. The zero-order valence-corrected chi connectivity index (χ0v) is 8.48. The van der Waals surface area contributed by atoms with Crippen molar-refractivity contribution in [3.8, 4) is 6.07 Å². The summed E-state index contributed by atoms with van der Waals surface area (Å²) >= 11 is 5.60. The molecule has 0 radical (unpaired) electrons. The van der Waals surface area contributed by atoms with E-state index in [4.69, 9.17) is 16.9 Å². The zero-order valence-electron chi connectivity index (χ0n) is 7.72. The Hall–Kier alpha value is -1.11. The van der Waals surface area contributed by atoms with Crippen molar-refractivity contribution in [2.45, 2.75) is 13.0 Å². The first kappa shape index (κ1) is 11.0. The lowest BCUT2D eigenvalue weighted by molar-refractivity contribution is 0.572. The summed E-state index contributed by atoms with van der Waals surface area (Å²) in [6.45, 7) is 2.46. The van der Waals surface area contributed by atoms with Gasteiger partial charge in [-0.3, -0.25) is 5.32 Å². The summed E-state index contributed by atoms with van der Waals surface area (Å²) in [5.41, 5.74) is 0.293. The Morgan fingerprint density at radius 3 is 2.93 bits per heavy atom. The molecule has 14 heavy (non-hydrogen) atoms. The van der Waals surface area contributed by atoms with Gasteiger partial charge in [-0.2, -0.15) is 5.26 Å². The summed E-state index contributed by atoms with van der Waals surface area (Å²) in [6, 6.07) is 5.98. The van der Waals surface area contributed by atoms with Crippen LogP contribution in [0.4, 0.5) is 4.39 Å². The van der Waals surface area contributed by atoms with E-state index in [1.54, 1.807) is 12.1 Å². The highest BCUT2D eigenvalue weighted by molar-refractivity contribution is 6.30. The normalized spacial score (nSPS) is 12.1. The number of rotatable bonds is 3. The molecule has 0 spiro atoms. The third-order valence-electron chi connectivity index (χ3n) is 1.83. The Kier molecular flexibility index (Phi) is 3.87. The molecule has 0 amide bonds. The molecule has 1 N–H and O–H groups in total. The zero-order chi connectivity index (χ0) is 10.6. The number of benzene rings is 1. The average Bonchev–Trinajstić information content (AvgIpc) is 2.19. The van der Waals surface area contributed by atoms with Crippen molar-refractivity contribution in [3.05, 3.63) is 34.6 Å². The SMILES string of the molecule is CCNC(C#N)c1cccc(Cl)c1F. The molecule has 0 aliphatic carbocycles. The van der Waals surface area contributed by atoms with Crippen LogP contribution >= 0.6 is 11.6 Å². The Bertz CT molecular complexity index is 360. The second-order valence-corrected chi connectivity index (χ2v) is 3.17. The van der Waals surface area contributed by atoms with Gasteiger partial charge in [0.2, 0.25) is 0 Å². The van der Waals surface area contributed by atoms with Crippen LogP contribution in [0, 0.1) is 17.1 Å². The highest BCUT2D eigenvalue weighted by Crippen LogP contribution is 2.22. The number of hydrogen-bond acceptors (Lipinski definition) is 2. The fourth-order valence-corrected chi connectivity index (χ4v) is 1.35. The number of nitriles is 1. The Balaban J connectivity index is 3.05. The van der Waals surface area contributed by atoms with Crippen molar-refractivity contribution >= 4 is 11.6 Å². The van der Waals surface area contributed by atoms with Crippen LogP contribution in [0.25, 0.3) is 0 Å². The van der Waals surface area contributed by atoms with Crippen molar-refractivity contribution in [2.24, 2.45) is 0 Å². The van der Waals surface area contributed by atoms with Gasteiger partial charge in [0.1, 0.15) is 11.9 Å². The van der Waals surface area contributed by atoms with E-state index in [-0.39, 0.29) is 5.02 Å². The summed E-state index contributed by atoms with van der Waals surface area (Å²) in [5, 5.41) is 11.7. The minimum atomic E-state index is -0.640. The lowest BCUT2D eigenvalue weighted by Gasteiger charge is -2.11. The van der Waals surface area contributed by atoms with Gasteiger partial charge >= 0.3 is 0 Å². The standard InChI is InChI=1S/C10H10ClFN2/c1-2-14-9(6-13)7-4-3-5-8(11)10(7)12/h3-5,9,14H,2H2,1H3. The van der Waals surface area contributed by atoms with E-state index in [0.717, 1.165) is 0 Å². The van der Waals surface area contributed by atoms with Crippen LogP contribution in [-0.4, -0.2) is 6.54 Å². The Morgan fingerprint density at radius 1 is 1.64 bits per heavy atom. The first-order chi connectivity index (χ1) is 6.70. The molecule has 0 heterocycles. The molecule has 0 aliphatic rings. The molecular weight excluding hydrogens is 203 g/mol.